The summed E-state index contributed by atoms with van der Waals surface area (Å²) in [6, 6.07) is 26.2. The summed E-state index contributed by atoms with van der Waals surface area (Å²) in [7, 11) is -0.828. The lowest BCUT2D eigenvalue weighted by atomic mass is 10.1. The Labute approximate surface area is 277 Å². The van der Waals surface area contributed by atoms with E-state index in [1.807, 2.05) is 13.0 Å². The number of methoxy groups -OCH3 is 2. The minimum absolute atomic E-state index is 0.0281. The van der Waals surface area contributed by atoms with Crippen molar-refractivity contribution >= 4 is 57.0 Å². The van der Waals surface area contributed by atoms with Gasteiger partial charge in [-0.3, -0.25) is 14.4 Å². The van der Waals surface area contributed by atoms with Gasteiger partial charge in [-0.05, 0) is 79.2 Å². The van der Waals surface area contributed by atoms with Gasteiger partial charge in [0.15, 0.2) is 0 Å². The minimum Gasteiger partial charge on any atom is -0.497 e. The zero-order valence-corrected chi connectivity index (χ0v) is 27.5. The van der Waals surface area contributed by atoms with E-state index < -0.39 is 27.1 Å². The number of anilines is 2. The third kappa shape index (κ3) is 9.69. The molecule has 11 nitrogen and oxygen atoms in total. The van der Waals surface area contributed by atoms with E-state index in [1.165, 1.54) is 56.3 Å². The monoisotopic (exact) mass is 674 g/mol. The number of ether oxygens (including phenoxy) is 2. The SMILES string of the molecule is CCC(Sc1cccc(NC(=O)/C(=C\c2ccc(OC)cc2OC)NC(=O)c2ccccc2)c1)C(=O)Nc1ccc(S(N)(=O)=O)cc1. The first kappa shape index (κ1) is 34.8. The van der Waals surface area contributed by atoms with Crippen molar-refractivity contribution in [2.24, 2.45) is 5.14 Å². The van der Waals surface area contributed by atoms with Crippen LogP contribution in [0.5, 0.6) is 11.5 Å². The van der Waals surface area contributed by atoms with Crippen molar-refractivity contribution in [2.45, 2.75) is 28.4 Å². The van der Waals surface area contributed by atoms with Gasteiger partial charge in [-0.2, -0.15) is 0 Å². The molecule has 0 fully saturated rings. The summed E-state index contributed by atoms with van der Waals surface area (Å²) >= 11 is 1.30. The van der Waals surface area contributed by atoms with Crippen LogP contribution >= 0.6 is 11.8 Å². The number of sulfonamides is 1. The van der Waals surface area contributed by atoms with Gasteiger partial charge in [0.25, 0.3) is 11.8 Å². The van der Waals surface area contributed by atoms with Crippen LogP contribution in [0.15, 0.2) is 113 Å². The number of hydrogen-bond acceptors (Lipinski definition) is 8. The summed E-state index contributed by atoms with van der Waals surface area (Å²) in [6.07, 6.45) is 2.00. The average Bonchev–Trinajstić information content (AvgIpc) is 3.07. The molecular formula is C34H34N4O7S2. The highest BCUT2D eigenvalue weighted by Crippen LogP contribution is 2.30. The fraction of sp³-hybridized carbons (Fsp3) is 0.147. The number of nitrogens with two attached hydrogens (primary N) is 1. The molecule has 4 aromatic rings. The number of thioether (sulfide) groups is 1. The van der Waals surface area contributed by atoms with Gasteiger partial charge in [0, 0.05) is 33.5 Å². The van der Waals surface area contributed by atoms with Crippen LogP contribution in [0, 0.1) is 0 Å². The minimum atomic E-state index is -3.85. The van der Waals surface area contributed by atoms with Crippen molar-refractivity contribution in [3.8, 4) is 11.5 Å². The third-order valence-electron chi connectivity index (χ3n) is 6.75. The Kier molecular flexibility index (Phi) is 11.8. The molecule has 0 heterocycles. The maximum Gasteiger partial charge on any atom is 0.272 e. The van der Waals surface area contributed by atoms with Gasteiger partial charge in [-0.15, -0.1) is 11.8 Å². The van der Waals surface area contributed by atoms with Gasteiger partial charge in [0.1, 0.15) is 17.2 Å². The van der Waals surface area contributed by atoms with Crippen molar-refractivity contribution in [3.05, 3.63) is 114 Å². The number of carbonyl (C=O) groups is 3. The first-order valence-electron chi connectivity index (χ1n) is 14.3. The van der Waals surface area contributed by atoms with E-state index in [9.17, 15) is 22.8 Å². The molecule has 0 aliphatic heterocycles. The van der Waals surface area contributed by atoms with Crippen LogP contribution in [-0.4, -0.2) is 45.6 Å². The number of carbonyl (C=O) groups excluding carboxylic acids is 3. The zero-order valence-electron chi connectivity index (χ0n) is 25.9. The molecule has 1 atom stereocenters. The van der Waals surface area contributed by atoms with Crippen LogP contribution < -0.4 is 30.6 Å². The predicted molar refractivity (Wildman–Crippen MR) is 183 cm³/mol. The average molecular weight is 675 g/mol. The molecule has 3 amide bonds. The second-order valence-corrected chi connectivity index (χ2v) is 12.9. The van der Waals surface area contributed by atoms with Gasteiger partial charge >= 0.3 is 0 Å². The summed E-state index contributed by atoms with van der Waals surface area (Å²) in [5.41, 5.74) is 1.74. The zero-order chi connectivity index (χ0) is 34.0. The number of benzene rings is 4. The molecule has 244 valence electrons. The normalized spacial score (nSPS) is 12.0. The summed E-state index contributed by atoms with van der Waals surface area (Å²) in [4.78, 5) is 40.4. The molecule has 0 aliphatic carbocycles. The van der Waals surface area contributed by atoms with Gasteiger partial charge in [0.2, 0.25) is 15.9 Å². The van der Waals surface area contributed by atoms with Crippen molar-refractivity contribution < 1.29 is 32.3 Å². The second-order valence-electron chi connectivity index (χ2n) is 10.0. The maximum absolute atomic E-state index is 13.6. The highest BCUT2D eigenvalue weighted by molar-refractivity contribution is 8.00. The Hall–Kier alpha value is -5.11. The van der Waals surface area contributed by atoms with Gasteiger partial charge in [-0.25, -0.2) is 13.6 Å². The molecule has 0 saturated carbocycles. The number of amides is 3. The summed E-state index contributed by atoms with van der Waals surface area (Å²) in [6.45, 7) is 1.87. The number of hydrogen-bond donors (Lipinski definition) is 4. The number of primary sulfonamides is 1. The largest absolute Gasteiger partial charge is 0.497 e. The fourth-order valence-electron chi connectivity index (χ4n) is 4.32. The molecule has 47 heavy (non-hydrogen) atoms. The van der Waals surface area contributed by atoms with Crippen LogP contribution in [0.2, 0.25) is 0 Å². The molecule has 4 aromatic carbocycles. The van der Waals surface area contributed by atoms with E-state index in [1.54, 1.807) is 66.7 Å². The molecular weight excluding hydrogens is 641 g/mol. The van der Waals surface area contributed by atoms with Crippen molar-refractivity contribution in [1.82, 2.24) is 5.32 Å². The first-order valence-corrected chi connectivity index (χ1v) is 16.7. The topological polar surface area (TPSA) is 166 Å². The van der Waals surface area contributed by atoms with Crippen LogP contribution in [0.25, 0.3) is 6.08 Å². The van der Waals surface area contributed by atoms with Gasteiger partial charge in [-0.1, -0.05) is 31.2 Å². The van der Waals surface area contributed by atoms with Crippen molar-refractivity contribution in [1.29, 1.82) is 0 Å². The molecule has 1 unspecified atom stereocenters. The molecule has 0 aromatic heterocycles. The first-order chi connectivity index (χ1) is 22.5. The van der Waals surface area contributed by atoms with Crippen molar-refractivity contribution in [2.75, 3.05) is 24.9 Å². The smallest absolute Gasteiger partial charge is 0.272 e. The highest BCUT2D eigenvalue weighted by atomic mass is 32.2. The standard InChI is InChI=1S/C34H34N4O7S2/c1-4-31(34(41)36-24-14-17-28(18-15-24)47(35,42)43)46-27-12-8-11-25(20-27)37-33(40)29(38-32(39)22-9-6-5-7-10-22)19-23-13-16-26(44-2)21-30(23)45-3/h5-21,31H,4H2,1-3H3,(H,36,41)(H,37,40)(H,38,39)(H2,35,42,43)/b29-19+. The lowest BCUT2D eigenvalue weighted by Crippen LogP contribution is -2.30. The van der Waals surface area contributed by atoms with E-state index in [-0.39, 0.29) is 16.5 Å². The van der Waals surface area contributed by atoms with Crippen LogP contribution in [0.3, 0.4) is 0 Å². The van der Waals surface area contributed by atoms with E-state index in [2.05, 4.69) is 16.0 Å². The van der Waals surface area contributed by atoms with Gasteiger partial charge < -0.3 is 25.4 Å². The summed E-state index contributed by atoms with van der Waals surface area (Å²) in [5, 5.41) is 13.0. The number of nitrogens with one attached hydrogen (secondary N) is 3. The molecule has 0 aliphatic rings. The number of rotatable bonds is 13. The van der Waals surface area contributed by atoms with E-state index in [0.29, 0.717) is 45.3 Å². The molecule has 0 saturated heterocycles. The van der Waals surface area contributed by atoms with Gasteiger partial charge in [0.05, 0.1) is 24.4 Å². The molecule has 4 rings (SSSR count). The highest BCUT2D eigenvalue weighted by Gasteiger charge is 2.20. The van der Waals surface area contributed by atoms with Crippen LogP contribution in [0.1, 0.15) is 29.3 Å². The third-order valence-corrected chi connectivity index (χ3v) is 9.04. The molecule has 13 heteroatoms. The quantitative estimate of drug-likeness (QED) is 0.110. The second kappa shape index (κ2) is 15.9. The Bertz CT molecular complexity index is 1880. The Balaban J connectivity index is 1.53. The fourth-order valence-corrected chi connectivity index (χ4v) is 5.85. The lowest BCUT2D eigenvalue weighted by molar-refractivity contribution is -0.116. The maximum atomic E-state index is 13.6. The molecule has 0 spiro atoms. The lowest BCUT2D eigenvalue weighted by Gasteiger charge is -2.16. The van der Waals surface area contributed by atoms with Crippen LogP contribution in [-0.2, 0) is 19.6 Å². The Morgan fingerprint density at radius 2 is 1.57 bits per heavy atom. The van der Waals surface area contributed by atoms with E-state index >= 15 is 0 Å². The van der Waals surface area contributed by atoms with E-state index in [0.717, 1.165) is 0 Å². The van der Waals surface area contributed by atoms with Crippen molar-refractivity contribution in [3.63, 3.8) is 0 Å². The predicted octanol–water partition coefficient (Wildman–Crippen LogP) is 5.27. The molecule has 0 radical (unpaired) electrons. The van der Waals surface area contributed by atoms with E-state index in [4.69, 9.17) is 14.6 Å². The summed E-state index contributed by atoms with van der Waals surface area (Å²) in [5.74, 6) is -0.336. The Morgan fingerprint density at radius 3 is 2.21 bits per heavy atom. The summed E-state index contributed by atoms with van der Waals surface area (Å²) < 4.78 is 33.8. The Morgan fingerprint density at radius 1 is 0.851 bits per heavy atom. The van der Waals surface area contributed by atoms with Crippen LogP contribution in [0.4, 0.5) is 11.4 Å². The molecule has 0 bridgehead atoms. The molecule has 5 N–H and O–H groups in total.